The summed E-state index contributed by atoms with van der Waals surface area (Å²) in [4.78, 5) is 38.1. The van der Waals surface area contributed by atoms with Gasteiger partial charge in [0.15, 0.2) is 5.54 Å². The first-order valence-corrected chi connectivity index (χ1v) is 6.33. The Balaban J connectivity index is 3.35. The normalized spacial score (nSPS) is 22.8. The number of Topliss-reactive ketones (excluding diaryl/α,β-unsaturated/α-hetero) is 1. The number of carbonyl (C=O) groups is 3. The highest BCUT2D eigenvalue weighted by atomic mass is 16.2. The third-order valence-electron chi connectivity index (χ3n) is 3.55. The molecular weight excluding hydrogens is 246 g/mol. The van der Waals surface area contributed by atoms with Gasteiger partial charge in [0.2, 0.25) is 5.78 Å². The highest BCUT2D eigenvalue weighted by Crippen LogP contribution is 2.34. The molecule has 0 aromatic rings. The van der Waals surface area contributed by atoms with Gasteiger partial charge in [-0.3, -0.25) is 14.4 Å². The summed E-state index contributed by atoms with van der Waals surface area (Å²) >= 11 is 0. The fraction of sp³-hybridized carbons (Fsp3) is 0.615. The van der Waals surface area contributed by atoms with Crippen LogP contribution in [0.2, 0.25) is 0 Å². The van der Waals surface area contributed by atoms with Crippen molar-refractivity contribution in [2.45, 2.75) is 32.7 Å². The maximum atomic E-state index is 12.5. The molecule has 1 unspecified atom stereocenters. The largest absolute Gasteiger partial charge is 0.357 e. The average Bonchev–Trinajstić information content (AvgIpc) is 2.59. The summed E-state index contributed by atoms with van der Waals surface area (Å²) in [5.74, 6) is -1.29. The van der Waals surface area contributed by atoms with Gasteiger partial charge in [-0.25, -0.2) is 0 Å². The number of carbonyl (C=O) groups excluding carboxylic acids is 3. The molecule has 0 saturated carbocycles. The molecular formula is C13H21N3O3. The van der Waals surface area contributed by atoms with Gasteiger partial charge in [0, 0.05) is 26.3 Å². The van der Waals surface area contributed by atoms with Crippen LogP contribution in [0.4, 0.5) is 0 Å². The number of nitrogens with one attached hydrogen (secondary N) is 2. The van der Waals surface area contributed by atoms with E-state index in [4.69, 9.17) is 0 Å². The van der Waals surface area contributed by atoms with E-state index in [1.54, 1.807) is 18.7 Å². The number of hydrogen-bond donors (Lipinski definition) is 2. The standard InChI is InChI=1S/C13H21N3O3/c1-6-7-16-8(2)9(11(18)14-4)10(17)13(16,3)12(19)15-5/h6-7H2,1-5H3,(H,14,18)(H,15,19). The Hall–Kier alpha value is -1.85. The summed E-state index contributed by atoms with van der Waals surface area (Å²) < 4.78 is 0. The van der Waals surface area contributed by atoms with Crippen molar-refractivity contribution in [3.63, 3.8) is 0 Å². The number of amides is 2. The van der Waals surface area contributed by atoms with E-state index in [0.717, 1.165) is 6.42 Å². The van der Waals surface area contributed by atoms with Crippen molar-refractivity contribution in [1.82, 2.24) is 15.5 Å². The smallest absolute Gasteiger partial charge is 0.256 e. The van der Waals surface area contributed by atoms with Gasteiger partial charge in [-0.2, -0.15) is 0 Å². The van der Waals surface area contributed by atoms with E-state index < -0.39 is 23.1 Å². The maximum absolute atomic E-state index is 12.5. The molecule has 0 saturated heterocycles. The van der Waals surface area contributed by atoms with Crippen LogP contribution in [0.15, 0.2) is 11.3 Å². The molecule has 1 aliphatic heterocycles. The van der Waals surface area contributed by atoms with Crippen molar-refractivity contribution in [2.24, 2.45) is 0 Å². The molecule has 1 rings (SSSR count). The van der Waals surface area contributed by atoms with E-state index in [0.29, 0.717) is 12.2 Å². The number of allylic oxidation sites excluding steroid dienone is 1. The first-order valence-electron chi connectivity index (χ1n) is 6.33. The molecule has 2 amide bonds. The summed E-state index contributed by atoms with van der Waals surface area (Å²) in [6.45, 7) is 5.76. The van der Waals surface area contributed by atoms with Gasteiger partial charge >= 0.3 is 0 Å². The highest BCUT2D eigenvalue weighted by Gasteiger charge is 2.54. The van der Waals surface area contributed by atoms with Crippen LogP contribution in [-0.4, -0.2) is 48.7 Å². The van der Waals surface area contributed by atoms with Gasteiger partial charge in [-0.15, -0.1) is 0 Å². The minimum Gasteiger partial charge on any atom is -0.357 e. The van der Waals surface area contributed by atoms with Gasteiger partial charge < -0.3 is 15.5 Å². The van der Waals surface area contributed by atoms with E-state index in [1.165, 1.54) is 14.1 Å². The summed E-state index contributed by atoms with van der Waals surface area (Å²) in [6, 6.07) is 0. The monoisotopic (exact) mass is 267 g/mol. The Morgan fingerprint density at radius 2 is 1.84 bits per heavy atom. The van der Waals surface area contributed by atoms with Crippen molar-refractivity contribution >= 4 is 17.6 Å². The SMILES string of the molecule is CCCN1C(C)=C(C(=O)NC)C(=O)C1(C)C(=O)NC. The molecule has 106 valence electrons. The quantitative estimate of drug-likeness (QED) is 0.546. The molecule has 0 spiro atoms. The van der Waals surface area contributed by atoms with E-state index in [-0.39, 0.29) is 5.57 Å². The lowest BCUT2D eigenvalue weighted by atomic mass is 9.92. The zero-order valence-electron chi connectivity index (χ0n) is 12.1. The Kier molecular flexibility index (Phi) is 4.34. The zero-order chi connectivity index (χ0) is 14.8. The summed E-state index contributed by atoms with van der Waals surface area (Å²) in [7, 11) is 2.95. The second-order valence-electron chi connectivity index (χ2n) is 4.67. The van der Waals surface area contributed by atoms with Crippen molar-refractivity contribution < 1.29 is 14.4 Å². The first kappa shape index (κ1) is 15.2. The van der Waals surface area contributed by atoms with Gasteiger partial charge in [-0.05, 0) is 20.3 Å². The lowest BCUT2D eigenvalue weighted by molar-refractivity contribution is -0.138. The molecule has 2 N–H and O–H groups in total. The predicted molar refractivity (Wildman–Crippen MR) is 71.2 cm³/mol. The third kappa shape index (κ3) is 2.11. The van der Waals surface area contributed by atoms with E-state index >= 15 is 0 Å². The minimum absolute atomic E-state index is 0.0713. The molecule has 6 nitrogen and oxygen atoms in total. The topological polar surface area (TPSA) is 78.5 Å². The summed E-state index contributed by atoms with van der Waals surface area (Å²) in [5.41, 5.74) is -0.712. The van der Waals surface area contributed by atoms with E-state index in [2.05, 4.69) is 10.6 Å². The van der Waals surface area contributed by atoms with Crippen LogP contribution in [0.5, 0.6) is 0 Å². The second-order valence-corrected chi connectivity index (χ2v) is 4.67. The van der Waals surface area contributed by atoms with Crippen LogP contribution in [0.25, 0.3) is 0 Å². The van der Waals surface area contributed by atoms with Crippen LogP contribution >= 0.6 is 0 Å². The lowest BCUT2D eigenvalue weighted by Crippen LogP contribution is -2.57. The maximum Gasteiger partial charge on any atom is 0.256 e. The summed E-state index contributed by atoms with van der Waals surface area (Å²) in [6.07, 6.45) is 0.776. The summed E-state index contributed by atoms with van der Waals surface area (Å²) in [5, 5.41) is 4.95. The van der Waals surface area contributed by atoms with Crippen molar-refractivity contribution in [1.29, 1.82) is 0 Å². The Labute approximate surface area is 113 Å². The Morgan fingerprint density at radius 3 is 2.26 bits per heavy atom. The van der Waals surface area contributed by atoms with E-state index in [9.17, 15) is 14.4 Å². The fourth-order valence-corrected chi connectivity index (χ4v) is 2.48. The van der Waals surface area contributed by atoms with Gasteiger partial charge in [0.25, 0.3) is 11.8 Å². The molecule has 0 fully saturated rings. The number of nitrogens with zero attached hydrogens (tertiary/aromatic N) is 1. The molecule has 0 aliphatic carbocycles. The lowest BCUT2D eigenvalue weighted by Gasteiger charge is -2.34. The Bertz CT molecular complexity index is 456. The molecule has 0 aromatic heterocycles. The molecule has 0 bridgehead atoms. The Morgan fingerprint density at radius 1 is 1.26 bits per heavy atom. The molecule has 1 aliphatic rings. The molecule has 0 aromatic carbocycles. The third-order valence-corrected chi connectivity index (χ3v) is 3.55. The van der Waals surface area contributed by atoms with E-state index in [1.807, 2.05) is 6.92 Å². The number of likely N-dealkylation sites (N-methyl/N-ethyl adjacent to an activating group) is 2. The van der Waals surface area contributed by atoms with Gasteiger partial charge in [0.1, 0.15) is 5.57 Å². The van der Waals surface area contributed by atoms with Gasteiger partial charge in [0.05, 0.1) is 0 Å². The highest BCUT2D eigenvalue weighted by molar-refractivity contribution is 6.31. The number of hydrogen-bond acceptors (Lipinski definition) is 4. The van der Waals surface area contributed by atoms with Crippen molar-refractivity contribution in [3.05, 3.63) is 11.3 Å². The molecule has 1 atom stereocenters. The van der Waals surface area contributed by atoms with Crippen molar-refractivity contribution in [3.8, 4) is 0 Å². The average molecular weight is 267 g/mol. The molecule has 19 heavy (non-hydrogen) atoms. The van der Waals surface area contributed by atoms with Crippen molar-refractivity contribution in [2.75, 3.05) is 20.6 Å². The van der Waals surface area contributed by atoms with Crippen LogP contribution < -0.4 is 10.6 Å². The molecule has 1 heterocycles. The molecule has 0 radical (unpaired) electrons. The second kappa shape index (κ2) is 5.42. The minimum atomic E-state index is -1.34. The number of rotatable bonds is 4. The zero-order valence-corrected chi connectivity index (χ0v) is 12.1. The first-order chi connectivity index (χ1) is 8.85. The van der Waals surface area contributed by atoms with Crippen LogP contribution in [0.3, 0.4) is 0 Å². The fourth-order valence-electron chi connectivity index (χ4n) is 2.48. The van der Waals surface area contributed by atoms with Crippen LogP contribution in [-0.2, 0) is 14.4 Å². The predicted octanol–water partition coefficient (Wildman–Crippen LogP) is -0.194. The van der Waals surface area contributed by atoms with Gasteiger partial charge in [-0.1, -0.05) is 6.92 Å². The van der Waals surface area contributed by atoms with Crippen LogP contribution in [0.1, 0.15) is 27.2 Å². The van der Waals surface area contributed by atoms with Crippen LogP contribution in [0, 0.1) is 0 Å². The molecule has 6 heteroatoms. The number of ketones is 1.